The lowest BCUT2D eigenvalue weighted by molar-refractivity contribution is 1.21. The van der Waals surface area contributed by atoms with Gasteiger partial charge in [-0.2, -0.15) is 0 Å². The van der Waals surface area contributed by atoms with Crippen LogP contribution in [-0.2, 0) is 6.26 Å². The normalized spacial score (nSPS) is 12.0. The van der Waals surface area contributed by atoms with E-state index in [4.69, 9.17) is 11.6 Å². The van der Waals surface area contributed by atoms with Crippen LogP contribution in [0, 0.1) is 0 Å². The number of aryl methyl sites for hydroxylation is 1. The molecule has 0 radical (unpaired) electrons. The minimum Gasteiger partial charge on any atom is -0.241 e. The first-order chi connectivity index (χ1) is 3.70. The molecule has 0 fully saturated rings. The Labute approximate surface area is 53.4 Å². The van der Waals surface area contributed by atoms with E-state index in [-0.39, 0.29) is 16.4 Å². The SMILES string of the molecule is C[s+]1[nH]c(=O)nc1Cl. The van der Waals surface area contributed by atoms with Gasteiger partial charge in [0.05, 0.1) is 0 Å². The molecule has 0 aromatic carbocycles. The van der Waals surface area contributed by atoms with Crippen LogP contribution in [-0.4, -0.2) is 9.36 Å². The van der Waals surface area contributed by atoms with E-state index in [1.807, 2.05) is 0 Å². The van der Waals surface area contributed by atoms with E-state index in [0.717, 1.165) is 0 Å². The van der Waals surface area contributed by atoms with Crippen molar-refractivity contribution in [2.45, 2.75) is 0 Å². The largest absolute Gasteiger partial charge is 0.391 e. The predicted molar refractivity (Wildman–Crippen MR) is 33.3 cm³/mol. The summed E-state index contributed by atoms with van der Waals surface area (Å²) in [6.07, 6.45) is 1.80. The molecule has 3 nitrogen and oxygen atoms in total. The second kappa shape index (κ2) is 1.87. The Morgan fingerprint density at radius 2 is 2.50 bits per heavy atom. The molecular formula is C3H4ClN2OS+. The molecule has 0 saturated carbocycles. The minimum atomic E-state index is -0.333. The molecule has 1 atom stereocenters. The Morgan fingerprint density at radius 1 is 1.88 bits per heavy atom. The number of nitrogens with one attached hydrogen (secondary N) is 1. The highest BCUT2D eigenvalue weighted by Gasteiger charge is 2.08. The molecule has 0 saturated heterocycles. The Bertz CT molecular complexity index is 217. The second-order valence-corrected chi connectivity index (χ2v) is 3.48. The number of halogens is 1. The summed E-state index contributed by atoms with van der Waals surface area (Å²) >= 11 is 5.44. The zero-order valence-electron chi connectivity index (χ0n) is 4.14. The van der Waals surface area contributed by atoms with Crippen molar-refractivity contribution in [3.63, 3.8) is 0 Å². The number of rotatable bonds is 0. The van der Waals surface area contributed by atoms with E-state index >= 15 is 0 Å². The fourth-order valence-corrected chi connectivity index (χ4v) is 1.15. The summed E-state index contributed by atoms with van der Waals surface area (Å²) in [5.41, 5.74) is -0.333. The van der Waals surface area contributed by atoms with Gasteiger partial charge < -0.3 is 0 Å². The molecule has 8 heavy (non-hydrogen) atoms. The van der Waals surface area contributed by atoms with Crippen molar-refractivity contribution in [3.8, 4) is 0 Å². The van der Waals surface area contributed by atoms with E-state index in [9.17, 15) is 4.79 Å². The molecule has 1 N–H and O–H groups in total. The molecule has 0 spiro atoms. The van der Waals surface area contributed by atoms with Gasteiger partial charge in [0.2, 0.25) is 0 Å². The zero-order chi connectivity index (χ0) is 6.15. The highest BCUT2D eigenvalue weighted by Crippen LogP contribution is 2.15. The highest BCUT2D eigenvalue weighted by molar-refractivity contribution is 7.27. The van der Waals surface area contributed by atoms with Crippen LogP contribution in [0.15, 0.2) is 4.79 Å². The van der Waals surface area contributed by atoms with Gasteiger partial charge >= 0.3 is 10.2 Å². The van der Waals surface area contributed by atoms with E-state index in [1.165, 1.54) is 0 Å². The number of aromatic amines is 1. The van der Waals surface area contributed by atoms with Gasteiger partial charge in [0.25, 0.3) is 0 Å². The van der Waals surface area contributed by atoms with Crippen molar-refractivity contribution >= 4 is 22.3 Å². The number of aromatic nitrogens is 2. The summed E-state index contributed by atoms with van der Waals surface area (Å²) < 4.78 is 2.89. The fourth-order valence-electron chi connectivity index (χ4n) is 0.344. The van der Waals surface area contributed by atoms with E-state index in [0.29, 0.717) is 4.47 Å². The Balaban J connectivity index is 3.35. The molecule has 1 heterocycles. The first-order valence-electron chi connectivity index (χ1n) is 1.91. The molecule has 1 rings (SSSR count). The minimum absolute atomic E-state index is 0.332. The molecule has 1 unspecified atom stereocenters. The van der Waals surface area contributed by atoms with Crippen LogP contribution >= 0.6 is 22.3 Å². The lowest BCUT2D eigenvalue weighted by atomic mass is 11.3. The number of hydrogen-bond acceptors (Lipinski definition) is 2. The van der Waals surface area contributed by atoms with Crippen LogP contribution < -0.4 is 5.69 Å². The van der Waals surface area contributed by atoms with Gasteiger partial charge in [0.1, 0.15) is 16.9 Å². The topological polar surface area (TPSA) is 45.8 Å². The molecule has 1 aromatic rings. The van der Waals surface area contributed by atoms with Gasteiger partial charge in [0, 0.05) is 11.6 Å². The molecular weight excluding hydrogens is 148 g/mol. The van der Waals surface area contributed by atoms with Crippen molar-refractivity contribution in [1.29, 1.82) is 0 Å². The maximum atomic E-state index is 10.3. The maximum Gasteiger partial charge on any atom is 0.391 e. The Hall–Kier alpha value is -0.350. The average molecular weight is 152 g/mol. The third kappa shape index (κ3) is 0.900. The van der Waals surface area contributed by atoms with Crippen molar-refractivity contribution in [2.75, 3.05) is 0 Å². The molecule has 1 aromatic heterocycles. The number of hydrogen-bond donors (Lipinski definition) is 1. The average Bonchev–Trinajstić information content (AvgIpc) is 1.85. The van der Waals surface area contributed by atoms with Gasteiger partial charge in [-0.15, -0.1) is 9.36 Å². The van der Waals surface area contributed by atoms with Crippen LogP contribution in [0.2, 0.25) is 4.47 Å². The van der Waals surface area contributed by atoms with Gasteiger partial charge in [-0.05, 0) is 0 Å². The summed E-state index contributed by atoms with van der Waals surface area (Å²) in [5.74, 6) is 0. The Morgan fingerprint density at radius 3 is 2.62 bits per heavy atom. The molecule has 0 bridgehead atoms. The van der Waals surface area contributed by atoms with Gasteiger partial charge in [0.15, 0.2) is 0 Å². The van der Waals surface area contributed by atoms with Crippen molar-refractivity contribution in [2.24, 2.45) is 6.26 Å². The van der Waals surface area contributed by atoms with Gasteiger partial charge in [-0.1, -0.05) is 0 Å². The first-order valence-corrected chi connectivity index (χ1v) is 3.92. The van der Waals surface area contributed by atoms with E-state index < -0.39 is 0 Å². The Kier molecular flexibility index (Phi) is 1.35. The van der Waals surface area contributed by atoms with E-state index in [1.54, 1.807) is 6.26 Å². The molecule has 0 aliphatic heterocycles. The lowest BCUT2D eigenvalue weighted by Gasteiger charge is -1.63. The monoisotopic (exact) mass is 151 g/mol. The smallest absolute Gasteiger partial charge is 0.241 e. The summed E-state index contributed by atoms with van der Waals surface area (Å²) in [4.78, 5) is 13.7. The quantitative estimate of drug-likeness (QED) is 0.555. The molecule has 5 heteroatoms. The summed E-state index contributed by atoms with van der Waals surface area (Å²) in [6, 6.07) is 0. The lowest BCUT2D eigenvalue weighted by Crippen LogP contribution is -1.99. The van der Waals surface area contributed by atoms with Crippen LogP contribution in [0.4, 0.5) is 0 Å². The van der Waals surface area contributed by atoms with Gasteiger partial charge in [-0.3, -0.25) is 0 Å². The first kappa shape index (κ1) is 5.78. The summed E-state index contributed by atoms with van der Waals surface area (Å²) in [5, 5.41) is 0. The van der Waals surface area contributed by atoms with Crippen LogP contribution in [0.25, 0.3) is 0 Å². The van der Waals surface area contributed by atoms with Crippen LogP contribution in [0.1, 0.15) is 0 Å². The molecule has 0 aliphatic carbocycles. The fraction of sp³-hybridized carbons (Fsp3) is 0.333. The van der Waals surface area contributed by atoms with Crippen LogP contribution in [0.5, 0.6) is 0 Å². The standard InChI is InChI=1S/C3H3ClN2OS/c1-8-2(4)5-3(7)6-8/h1H3/p+1. The second-order valence-electron chi connectivity index (χ2n) is 1.28. The molecule has 44 valence electrons. The van der Waals surface area contributed by atoms with Crippen molar-refractivity contribution < 1.29 is 0 Å². The third-order valence-electron chi connectivity index (χ3n) is 0.683. The summed E-state index contributed by atoms with van der Waals surface area (Å²) in [6.45, 7) is 0. The van der Waals surface area contributed by atoms with Crippen molar-refractivity contribution in [3.05, 3.63) is 15.0 Å². The third-order valence-corrected chi connectivity index (χ3v) is 2.54. The van der Waals surface area contributed by atoms with E-state index in [2.05, 4.69) is 9.36 Å². The maximum absolute atomic E-state index is 10.3. The molecule has 0 aliphatic rings. The highest BCUT2D eigenvalue weighted by atomic mass is 35.5. The van der Waals surface area contributed by atoms with Gasteiger partial charge in [-0.25, -0.2) is 4.79 Å². The predicted octanol–water partition coefficient (Wildman–Crippen LogP) is 0.709. The number of nitrogens with zero attached hydrogens (tertiary/aromatic N) is 1. The summed E-state index contributed by atoms with van der Waals surface area (Å²) in [7, 11) is -0.332. The zero-order valence-corrected chi connectivity index (χ0v) is 5.71. The number of H-pyrrole nitrogens is 1. The molecule has 0 amide bonds. The van der Waals surface area contributed by atoms with Crippen molar-refractivity contribution in [1.82, 2.24) is 9.36 Å². The van der Waals surface area contributed by atoms with Crippen LogP contribution in [0.3, 0.4) is 0 Å².